The molecule has 0 atom stereocenters. The first kappa shape index (κ1) is 13.4. The fraction of sp³-hybridized carbons (Fsp3) is 0.143. The highest BCUT2D eigenvalue weighted by Crippen LogP contribution is 2.23. The number of para-hydroxylation sites is 2. The number of aryl methyl sites for hydroxylation is 1. The molecule has 3 rings (SSSR count). The molecule has 2 heterocycles. The average molecular weight is 352 g/mol. The minimum atomic E-state index is 0.457. The van der Waals surface area contributed by atoms with E-state index < -0.39 is 0 Å². The number of pyridine rings is 1. The van der Waals surface area contributed by atoms with E-state index in [1.54, 1.807) is 6.20 Å². The molecule has 1 aromatic carbocycles. The number of anilines is 1. The van der Waals surface area contributed by atoms with E-state index in [2.05, 4.69) is 41.8 Å². The zero-order chi connectivity index (χ0) is 14.1. The number of nitrogens with zero attached hydrogens (tertiary/aromatic N) is 3. The third-order valence-electron chi connectivity index (χ3n) is 3.13. The highest BCUT2D eigenvalue weighted by Gasteiger charge is 2.07. The third kappa shape index (κ3) is 2.51. The smallest absolute Gasteiger partial charge is 0.143 e. The average Bonchev–Trinajstić information content (AvgIpc) is 2.77. The molecule has 0 aliphatic heterocycles. The SMILES string of the molecule is Cn1c(CNc2cnc(Cl)c(Br)c2)nc2ccccc21. The van der Waals surface area contributed by atoms with Crippen molar-refractivity contribution in [3.05, 3.63) is 52.0 Å². The van der Waals surface area contributed by atoms with Crippen LogP contribution in [0, 0.1) is 0 Å². The first-order valence-electron chi connectivity index (χ1n) is 6.10. The molecule has 4 nitrogen and oxygen atoms in total. The summed E-state index contributed by atoms with van der Waals surface area (Å²) in [7, 11) is 2.02. The van der Waals surface area contributed by atoms with Gasteiger partial charge in [-0.3, -0.25) is 0 Å². The van der Waals surface area contributed by atoms with Gasteiger partial charge in [-0.15, -0.1) is 0 Å². The lowest BCUT2D eigenvalue weighted by atomic mass is 10.3. The van der Waals surface area contributed by atoms with E-state index in [1.165, 1.54) is 0 Å². The summed E-state index contributed by atoms with van der Waals surface area (Å²) in [5.74, 6) is 0.970. The van der Waals surface area contributed by atoms with Crippen molar-refractivity contribution in [2.45, 2.75) is 6.54 Å². The van der Waals surface area contributed by atoms with Crippen LogP contribution in [0.1, 0.15) is 5.82 Å². The number of nitrogens with one attached hydrogen (secondary N) is 1. The van der Waals surface area contributed by atoms with Gasteiger partial charge in [-0.05, 0) is 34.1 Å². The van der Waals surface area contributed by atoms with E-state index in [9.17, 15) is 0 Å². The van der Waals surface area contributed by atoms with Crippen molar-refractivity contribution in [1.82, 2.24) is 14.5 Å². The fourth-order valence-electron chi connectivity index (χ4n) is 2.05. The number of halogens is 2. The minimum absolute atomic E-state index is 0.457. The Morgan fingerprint density at radius 3 is 2.90 bits per heavy atom. The predicted octanol–water partition coefficient (Wildman–Crippen LogP) is 4.00. The lowest BCUT2D eigenvalue weighted by molar-refractivity contribution is 0.834. The molecule has 0 aliphatic carbocycles. The first-order valence-corrected chi connectivity index (χ1v) is 7.27. The topological polar surface area (TPSA) is 42.7 Å². The van der Waals surface area contributed by atoms with Crippen molar-refractivity contribution in [3.8, 4) is 0 Å². The molecule has 0 unspecified atom stereocenters. The molecule has 0 spiro atoms. The number of rotatable bonds is 3. The molecule has 2 aromatic heterocycles. The van der Waals surface area contributed by atoms with E-state index in [4.69, 9.17) is 11.6 Å². The number of hydrogen-bond acceptors (Lipinski definition) is 3. The molecule has 6 heteroatoms. The highest BCUT2D eigenvalue weighted by molar-refractivity contribution is 9.10. The summed E-state index contributed by atoms with van der Waals surface area (Å²) in [6.45, 7) is 0.626. The number of imidazole rings is 1. The summed E-state index contributed by atoms with van der Waals surface area (Å²) in [5, 5.41) is 3.75. The number of aromatic nitrogens is 3. The summed E-state index contributed by atoms with van der Waals surface area (Å²) in [6, 6.07) is 9.98. The molecule has 0 radical (unpaired) electrons. The molecule has 20 heavy (non-hydrogen) atoms. The van der Waals surface area contributed by atoms with Crippen LogP contribution in [0.4, 0.5) is 5.69 Å². The van der Waals surface area contributed by atoms with Crippen LogP contribution in [0.5, 0.6) is 0 Å². The van der Waals surface area contributed by atoms with Gasteiger partial charge in [0, 0.05) is 7.05 Å². The van der Waals surface area contributed by atoms with Gasteiger partial charge >= 0.3 is 0 Å². The molecule has 0 amide bonds. The number of hydrogen-bond donors (Lipinski definition) is 1. The lowest BCUT2D eigenvalue weighted by Gasteiger charge is -2.07. The van der Waals surface area contributed by atoms with Crippen molar-refractivity contribution in [1.29, 1.82) is 0 Å². The van der Waals surface area contributed by atoms with Gasteiger partial charge in [0.05, 0.1) is 33.9 Å². The van der Waals surface area contributed by atoms with Crippen LogP contribution in [0.2, 0.25) is 5.15 Å². The van der Waals surface area contributed by atoms with E-state index in [-0.39, 0.29) is 0 Å². The Bertz CT molecular complexity index is 769. The van der Waals surface area contributed by atoms with E-state index in [1.807, 2.05) is 31.3 Å². The Kier molecular flexibility index (Phi) is 3.63. The van der Waals surface area contributed by atoms with Crippen molar-refractivity contribution in [3.63, 3.8) is 0 Å². The monoisotopic (exact) mass is 350 g/mol. The van der Waals surface area contributed by atoms with Gasteiger partial charge in [0.15, 0.2) is 0 Å². The lowest BCUT2D eigenvalue weighted by Crippen LogP contribution is -2.06. The summed E-state index contributed by atoms with van der Waals surface area (Å²) < 4.78 is 2.86. The van der Waals surface area contributed by atoms with Crippen molar-refractivity contribution >= 4 is 44.3 Å². The van der Waals surface area contributed by atoms with Crippen LogP contribution in [0.15, 0.2) is 41.0 Å². The first-order chi connectivity index (χ1) is 9.65. The molecule has 1 N–H and O–H groups in total. The molecular formula is C14H12BrClN4. The molecule has 102 valence electrons. The zero-order valence-corrected chi connectivity index (χ0v) is 13.1. The van der Waals surface area contributed by atoms with Gasteiger partial charge in [0.25, 0.3) is 0 Å². The van der Waals surface area contributed by atoms with E-state index >= 15 is 0 Å². The second-order valence-electron chi connectivity index (χ2n) is 4.43. The Balaban J connectivity index is 1.83. The molecule has 0 aliphatic rings. The van der Waals surface area contributed by atoms with Gasteiger partial charge in [0.2, 0.25) is 0 Å². The van der Waals surface area contributed by atoms with Crippen molar-refractivity contribution in [2.75, 3.05) is 5.32 Å². The van der Waals surface area contributed by atoms with Gasteiger partial charge in [-0.25, -0.2) is 9.97 Å². The quantitative estimate of drug-likeness (QED) is 0.725. The maximum Gasteiger partial charge on any atom is 0.143 e. The van der Waals surface area contributed by atoms with Gasteiger partial charge in [0.1, 0.15) is 11.0 Å². The maximum absolute atomic E-state index is 5.87. The largest absolute Gasteiger partial charge is 0.377 e. The summed E-state index contributed by atoms with van der Waals surface area (Å²) >= 11 is 9.23. The number of fused-ring (bicyclic) bond motifs is 1. The number of benzene rings is 1. The van der Waals surface area contributed by atoms with Crippen molar-refractivity contribution < 1.29 is 0 Å². The minimum Gasteiger partial charge on any atom is -0.377 e. The Morgan fingerprint density at radius 1 is 1.35 bits per heavy atom. The molecule has 3 aromatic rings. The Morgan fingerprint density at radius 2 is 2.15 bits per heavy atom. The molecular weight excluding hydrogens is 340 g/mol. The molecule has 0 fully saturated rings. The highest BCUT2D eigenvalue weighted by atomic mass is 79.9. The molecule has 0 saturated carbocycles. The third-order valence-corrected chi connectivity index (χ3v) is 4.26. The van der Waals surface area contributed by atoms with E-state index in [0.29, 0.717) is 11.7 Å². The van der Waals surface area contributed by atoms with Gasteiger partial charge < -0.3 is 9.88 Å². The van der Waals surface area contributed by atoms with Crippen molar-refractivity contribution in [2.24, 2.45) is 7.05 Å². The van der Waals surface area contributed by atoms with Crippen LogP contribution < -0.4 is 5.32 Å². The van der Waals surface area contributed by atoms with Crippen LogP contribution >= 0.6 is 27.5 Å². The summed E-state index contributed by atoms with van der Waals surface area (Å²) in [4.78, 5) is 8.69. The molecule has 0 bridgehead atoms. The van der Waals surface area contributed by atoms with Crippen LogP contribution in [0.3, 0.4) is 0 Å². The summed E-state index contributed by atoms with van der Waals surface area (Å²) in [6.07, 6.45) is 1.70. The fourth-order valence-corrected chi connectivity index (χ4v) is 2.50. The standard InChI is InChI=1S/C14H12BrClN4/c1-20-12-5-3-2-4-11(12)19-13(20)8-17-9-6-10(15)14(16)18-7-9/h2-7,17H,8H2,1H3. The van der Waals surface area contributed by atoms with Gasteiger partial charge in [-0.2, -0.15) is 0 Å². The normalized spacial score (nSPS) is 10.9. The van der Waals surface area contributed by atoms with E-state index in [0.717, 1.165) is 27.0 Å². The Labute approximate surface area is 129 Å². The Hall–Kier alpha value is -1.59. The maximum atomic E-state index is 5.87. The van der Waals surface area contributed by atoms with Crippen LogP contribution in [0.25, 0.3) is 11.0 Å². The predicted molar refractivity (Wildman–Crippen MR) is 85.0 cm³/mol. The summed E-state index contributed by atoms with van der Waals surface area (Å²) in [5.41, 5.74) is 3.02. The molecule has 0 saturated heterocycles. The van der Waals surface area contributed by atoms with Gasteiger partial charge in [-0.1, -0.05) is 23.7 Å². The van der Waals surface area contributed by atoms with Crippen LogP contribution in [-0.2, 0) is 13.6 Å². The second kappa shape index (κ2) is 5.42. The zero-order valence-electron chi connectivity index (χ0n) is 10.8. The second-order valence-corrected chi connectivity index (χ2v) is 5.64. The van der Waals surface area contributed by atoms with Crippen LogP contribution in [-0.4, -0.2) is 14.5 Å².